The van der Waals surface area contributed by atoms with Crippen molar-refractivity contribution in [2.45, 2.75) is 12.5 Å². The number of nitrogens with one attached hydrogen (secondary N) is 1. The van der Waals surface area contributed by atoms with Crippen LogP contribution >= 0.6 is 0 Å². The van der Waals surface area contributed by atoms with Gasteiger partial charge in [-0.05, 0) is 18.0 Å². The third-order valence-corrected chi connectivity index (χ3v) is 4.08. The molecule has 98 valence electrons. The molecule has 1 aromatic carbocycles. The van der Waals surface area contributed by atoms with Gasteiger partial charge >= 0.3 is 0 Å². The summed E-state index contributed by atoms with van der Waals surface area (Å²) in [4.78, 5) is 2.16. The van der Waals surface area contributed by atoms with Gasteiger partial charge in [0.15, 0.2) is 0 Å². The van der Waals surface area contributed by atoms with Crippen molar-refractivity contribution in [1.82, 2.24) is 10.2 Å². The maximum Gasteiger partial charge on any atom is 0.264 e. The van der Waals surface area contributed by atoms with E-state index in [1.165, 1.54) is 5.56 Å². The number of hydrogen-bond donors (Lipinski definition) is 1. The fraction of sp³-hybridized carbons (Fsp3) is 0.571. The molecule has 2 unspecified atom stereocenters. The zero-order valence-corrected chi connectivity index (χ0v) is 10.3. The van der Waals surface area contributed by atoms with Crippen molar-refractivity contribution in [3.05, 3.63) is 35.9 Å². The quantitative estimate of drug-likeness (QED) is 0.865. The summed E-state index contributed by atoms with van der Waals surface area (Å²) in [6, 6.07) is 10.1. The van der Waals surface area contributed by atoms with Crippen LogP contribution in [0.3, 0.4) is 0 Å². The van der Waals surface area contributed by atoms with Crippen LogP contribution in [-0.2, 0) is 6.54 Å². The van der Waals surface area contributed by atoms with Gasteiger partial charge < -0.3 is 5.32 Å². The standard InChI is InChI=1S/C14H18F2N2/c15-14(16)10-17-6-12-8-18(9-13(12)14)7-11-4-2-1-3-5-11/h1-5,12-13,17H,6-10H2. The van der Waals surface area contributed by atoms with Gasteiger partial charge in [0, 0.05) is 25.6 Å². The molecule has 0 spiro atoms. The third kappa shape index (κ3) is 2.27. The summed E-state index contributed by atoms with van der Waals surface area (Å²) in [5, 5.41) is 2.85. The normalized spacial score (nSPS) is 31.2. The number of rotatable bonds is 2. The van der Waals surface area contributed by atoms with Crippen molar-refractivity contribution in [3.63, 3.8) is 0 Å². The summed E-state index contributed by atoms with van der Waals surface area (Å²) in [6.07, 6.45) is 0. The molecule has 0 saturated carbocycles. The van der Waals surface area contributed by atoms with Crippen molar-refractivity contribution in [1.29, 1.82) is 0 Å². The van der Waals surface area contributed by atoms with E-state index in [9.17, 15) is 8.78 Å². The van der Waals surface area contributed by atoms with Crippen molar-refractivity contribution in [2.75, 3.05) is 26.2 Å². The Hall–Kier alpha value is -1.00. The van der Waals surface area contributed by atoms with Crippen LogP contribution in [0.1, 0.15) is 5.56 Å². The molecule has 2 heterocycles. The largest absolute Gasteiger partial charge is 0.311 e. The van der Waals surface area contributed by atoms with Gasteiger partial charge in [-0.3, -0.25) is 4.90 Å². The zero-order valence-electron chi connectivity index (χ0n) is 10.3. The monoisotopic (exact) mass is 252 g/mol. The van der Waals surface area contributed by atoms with Crippen molar-refractivity contribution < 1.29 is 8.78 Å². The molecule has 2 atom stereocenters. The summed E-state index contributed by atoms with van der Waals surface area (Å²) in [7, 11) is 0. The van der Waals surface area contributed by atoms with E-state index in [4.69, 9.17) is 0 Å². The predicted octanol–water partition coefficient (Wildman–Crippen LogP) is 1.97. The number of hydrogen-bond acceptors (Lipinski definition) is 2. The summed E-state index contributed by atoms with van der Waals surface area (Å²) >= 11 is 0. The second-order valence-electron chi connectivity index (χ2n) is 5.44. The molecule has 0 aliphatic carbocycles. The van der Waals surface area contributed by atoms with Crippen molar-refractivity contribution in [2.24, 2.45) is 11.8 Å². The minimum atomic E-state index is -2.55. The van der Waals surface area contributed by atoms with Crippen LogP contribution in [0, 0.1) is 11.8 Å². The smallest absolute Gasteiger partial charge is 0.264 e. The molecule has 4 heteroatoms. The fourth-order valence-electron chi connectivity index (χ4n) is 3.17. The molecule has 2 nitrogen and oxygen atoms in total. The molecule has 3 rings (SSSR count). The molecular formula is C14H18F2N2. The van der Waals surface area contributed by atoms with Crippen LogP contribution in [0.5, 0.6) is 0 Å². The van der Waals surface area contributed by atoms with Crippen LogP contribution < -0.4 is 5.32 Å². The maximum atomic E-state index is 13.8. The Bertz CT molecular complexity index is 408. The summed E-state index contributed by atoms with van der Waals surface area (Å²) in [5.74, 6) is -2.92. The average molecular weight is 252 g/mol. The number of alkyl halides is 2. The SMILES string of the molecule is FC1(F)CNCC2CN(Cc3ccccc3)CC21. The summed E-state index contributed by atoms with van der Waals surface area (Å²) in [6.45, 7) is 2.65. The Balaban J connectivity index is 1.68. The van der Waals surface area contributed by atoms with Gasteiger partial charge in [0.1, 0.15) is 0 Å². The van der Waals surface area contributed by atoms with E-state index in [2.05, 4.69) is 22.3 Å². The van der Waals surface area contributed by atoms with Crippen LogP contribution in [0.15, 0.2) is 30.3 Å². The lowest BCUT2D eigenvalue weighted by molar-refractivity contribution is -0.0820. The molecule has 1 N–H and O–H groups in total. The van der Waals surface area contributed by atoms with E-state index >= 15 is 0 Å². The van der Waals surface area contributed by atoms with E-state index in [0.717, 1.165) is 19.6 Å². The van der Waals surface area contributed by atoms with E-state index in [-0.39, 0.29) is 12.5 Å². The number of halogens is 2. The van der Waals surface area contributed by atoms with Gasteiger partial charge in [-0.25, -0.2) is 8.78 Å². The molecule has 1 aromatic rings. The lowest BCUT2D eigenvalue weighted by atomic mass is 9.87. The van der Waals surface area contributed by atoms with E-state index in [1.807, 2.05) is 18.2 Å². The molecule has 2 aliphatic heterocycles. The van der Waals surface area contributed by atoms with Crippen LogP contribution in [0.25, 0.3) is 0 Å². The molecule has 0 bridgehead atoms. The van der Waals surface area contributed by atoms with E-state index in [0.29, 0.717) is 6.54 Å². The Morgan fingerprint density at radius 2 is 2.00 bits per heavy atom. The minimum Gasteiger partial charge on any atom is -0.311 e. The highest BCUT2D eigenvalue weighted by atomic mass is 19.3. The highest BCUT2D eigenvalue weighted by molar-refractivity contribution is 5.15. The number of benzene rings is 1. The predicted molar refractivity (Wildman–Crippen MR) is 66.5 cm³/mol. The van der Waals surface area contributed by atoms with Crippen LogP contribution in [-0.4, -0.2) is 37.0 Å². The minimum absolute atomic E-state index is 0.0949. The molecule has 0 amide bonds. The molecule has 2 fully saturated rings. The lowest BCUT2D eigenvalue weighted by Crippen LogP contribution is -2.50. The van der Waals surface area contributed by atoms with Crippen LogP contribution in [0.2, 0.25) is 0 Å². The molecule has 18 heavy (non-hydrogen) atoms. The van der Waals surface area contributed by atoms with Crippen molar-refractivity contribution >= 4 is 0 Å². The average Bonchev–Trinajstić information content (AvgIpc) is 2.74. The Labute approximate surface area is 106 Å². The van der Waals surface area contributed by atoms with Gasteiger partial charge in [-0.15, -0.1) is 0 Å². The molecular weight excluding hydrogens is 234 g/mol. The Morgan fingerprint density at radius 3 is 2.72 bits per heavy atom. The summed E-state index contributed by atoms with van der Waals surface area (Å²) < 4.78 is 27.6. The zero-order chi connectivity index (χ0) is 12.6. The van der Waals surface area contributed by atoms with Crippen molar-refractivity contribution in [3.8, 4) is 0 Å². The first-order valence-corrected chi connectivity index (χ1v) is 6.50. The molecule has 0 aromatic heterocycles. The number of nitrogens with zero attached hydrogens (tertiary/aromatic N) is 1. The van der Waals surface area contributed by atoms with Gasteiger partial charge in [0.2, 0.25) is 0 Å². The highest BCUT2D eigenvalue weighted by Crippen LogP contribution is 2.38. The highest BCUT2D eigenvalue weighted by Gasteiger charge is 2.50. The second kappa shape index (κ2) is 4.59. The van der Waals surface area contributed by atoms with Gasteiger partial charge in [0.05, 0.1) is 6.54 Å². The molecule has 0 radical (unpaired) electrons. The first kappa shape index (κ1) is 12.1. The van der Waals surface area contributed by atoms with Crippen LogP contribution in [0.4, 0.5) is 8.78 Å². The van der Waals surface area contributed by atoms with Gasteiger partial charge in [-0.2, -0.15) is 0 Å². The van der Waals surface area contributed by atoms with Gasteiger partial charge in [0.25, 0.3) is 5.92 Å². The molecule has 2 saturated heterocycles. The maximum absolute atomic E-state index is 13.8. The second-order valence-corrected chi connectivity index (χ2v) is 5.44. The fourth-order valence-corrected chi connectivity index (χ4v) is 3.17. The number of fused-ring (bicyclic) bond motifs is 1. The van der Waals surface area contributed by atoms with Gasteiger partial charge in [-0.1, -0.05) is 30.3 Å². The lowest BCUT2D eigenvalue weighted by Gasteiger charge is -2.33. The van der Waals surface area contributed by atoms with E-state index in [1.54, 1.807) is 0 Å². The molecule has 2 aliphatic rings. The number of likely N-dealkylation sites (tertiary alicyclic amines) is 1. The Morgan fingerprint density at radius 1 is 1.22 bits per heavy atom. The first-order valence-electron chi connectivity index (χ1n) is 6.50. The summed E-state index contributed by atoms with van der Waals surface area (Å²) in [5.41, 5.74) is 1.20. The van der Waals surface area contributed by atoms with E-state index < -0.39 is 11.8 Å². The Kier molecular flexibility index (Phi) is 3.08. The number of piperidine rings is 1. The first-order chi connectivity index (χ1) is 8.65. The topological polar surface area (TPSA) is 15.3 Å². The third-order valence-electron chi connectivity index (χ3n) is 4.08.